The first-order valence-electron chi connectivity index (χ1n) is 8.85. The topological polar surface area (TPSA) is 68.5 Å². The molecular formula is C22H21NO4S. The first kappa shape index (κ1) is 19.6. The van der Waals surface area contributed by atoms with Gasteiger partial charge in [-0.05, 0) is 43.2 Å². The minimum absolute atomic E-state index is 0.0518. The molecule has 1 heterocycles. The van der Waals surface area contributed by atoms with Crippen LogP contribution in [0.2, 0.25) is 0 Å². The fourth-order valence-corrected chi connectivity index (χ4v) is 3.82. The summed E-state index contributed by atoms with van der Waals surface area (Å²) < 4.78 is 7.93. The number of phenolic OH excluding ortho intramolecular Hbond substituents is 1. The quantitative estimate of drug-likeness (QED) is 0.674. The third-order valence-corrected chi connectivity index (χ3v) is 5.42. The SMILES string of the molecule is CCOc1cc(/C=c2/s/c(=C\C(=O)c3ccccc3C)n(C)c2=O)ccc1O. The van der Waals surface area contributed by atoms with Crippen molar-refractivity contribution in [3.63, 3.8) is 0 Å². The second-order valence-electron chi connectivity index (χ2n) is 6.30. The number of carbonyl (C=O) groups excluding carboxylic acids is 1. The maximum absolute atomic E-state index is 12.6. The van der Waals surface area contributed by atoms with Gasteiger partial charge in [-0.3, -0.25) is 9.59 Å². The molecule has 2 aromatic carbocycles. The molecule has 0 aliphatic carbocycles. The van der Waals surface area contributed by atoms with Crippen molar-refractivity contribution in [3.8, 4) is 11.5 Å². The molecular weight excluding hydrogens is 374 g/mol. The Morgan fingerprint density at radius 3 is 2.71 bits per heavy atom. The van der Waals surface area contributed by atoms with Gasteiger partial charge in [0.2, 0.25) is 0 Å². The number of aryl methyl sites for hydroxylation is 1. The number of aromatic hydroxyl groups is 1. The standard InChI is InChI=1S/C22H21NO4S/c1-4-27-19-11-15(9-10-17(19)24)12-20-22(26)23(3)21(28-20)13-18(25)16-8-6-5-7-14(16)2/h5-13,24H,4H2,1-3H3/b20-12+,21-13-. The molecule has 0 amide bonds. The van der Waals surface area contributed by atoms with Gasteiger partial charge in [0.25, 0.3) is 5.56 Å². The van der Waals surface area contributed by atoms with Gasteiger partial charge in [-0.2, -0.15) is 0 Å². The summed E-state index contributed by atoms with van der Waals surface area (Å²) in [6.45, 7) is 4.14. The highest BCUT2D eigenvalue weighted by Crippen LogP contribution is 2.26. The Bertz CT molecular complexity index is 1200. The van der Waals surface area contributed by atoms with Crippen LogP contribution in [0, 0.1) is 6.92 Å². The highest BCUT2D eigenvalue weighted by molar-refractivity contribution is 7.07. The molecule has 144 valence electrons. The first-order valence-corrected chi connectivity index (χ1v) is 9.67. The number of benzene rings is 2. The Labute approximate surface area is 166 Å². The molecule has 0 aliphatic rings. The van der Waals surface area contributed by atoms with Gasteiger partial charge < -0.3 is 14.4 Å². The lowest BCUT2D eigenvalue weighted by Gasteiger charge is -2.05. The van der Waals surface area contributed by atoms with E-state index >= 15 is 0 Å². The number of ketones is 1. The minimum atomic E-state index is -0.181. The molecule has 6 heteroatoms. The van der Waals surface area contributed by atoms with Crippen LogP contribution in [-0.2, 0) is 7.05 Å². The van der Waals surface area contributed by atoms with Gasteiger partial charge in [0, 0.05) is 18.7 Å². The number of carbonyl (C=O) groups is 1. The highest BCUT2D eigenvalue weighted by atomic mass is 32.1. The normalized spacial score (nSPS) is 12.4. The van der Waals surface area contributed by atoms with Gasteiger partial charge >= 0.3 is 0 Å². The number of Topliss-reactive ketones (excluding diaryl/α,β-unsaturated/α-hetero) is 1. The first-order chi connectivity index (χ1) is 13.4. The van der Waals surface area contributed by atoms with E-state index < -0.39 is 0 Å². The lowest BCUT2D eigenvalue weighted by Crippen LogP contribution is -2.29. The Balaban J connectivity index is 2.06. The van der Waals surface area contributed by atoms with Crippen LogP contribution >= 0.6 is 11.3 Å². The van der Waals surface area contributed by atoms with Crippen molar-refractivity contribution in [3.05, 3.63) is 78.7 Å². The number of nitrogens with zero attached hydrogens (tertiary/aromatic N) is 1. The molecule has 0 fully saturated rings. The molecule has 0 atom stereocenters. The zero-order valence-electron chi connectivity index (χ0n) is 15.9. The van der Waals surface area contributed by atoms with Crippen LogP contribution in [0.3, 0.4) is 0 Å². The number of aromatic nitrogens is 1. The van der Waals surface area contributed by atoms with Gasteiger partial charge in [-0.15, -0.1) is 11.3 Å². The Morgan fingerprint density at radius 1 is 1.25 bits per heavy atom. The minimum Gasteiger partial charge on any atom is -0.504 e. The average molecular weight is 395 g/mol. The summed E-state index contributed by atoms with van der Waals surface area (Å²) in [6.07, 6.45) is 3.22. The van der Waals surface area contributed by atoms with Gasteiger partial charge in [-0.1, -0.05) is 30.3 Å². The van der Waals surface area contributed by atoms with Crippen molar-refractivity contribution in [1.82, 2.24) is 4.57 Å². The van der Waals surface area contributed by atoms with Crippen molar-refractivity contribution in [2.24, 2.45) is 7.05 Å². The average Bonchev–Trinajstić information content (AvgIpc) is 2.93. The number of thiazole rings is 1. The van der Waals surface area contributed by atoms with E-state index in [2.05, 4.69) is 0 Å². The Morgan fingerprint density at radius 2 is 2.00 bits per heavy atom. The van der Waals surface area contributed by atoms with Crippen molar-refractivity contribution >= 4 is 29.3 Å². The van der Waals surface area contributed by atoms with Gasteiger partial charge in [-0.25, -0.2) is 0 Å². The van der Waals surface area contributed by atoms with E-state index in [-0.39, 0.29) is 17.1 Å². The Kier molecular flexibility index (Phi) is 5.80. The van der Waals surface area contributed by atoms with Crippen LogP contribution in [0.1, 0.15) is 28.4 Å². The summed E-state index contributed by atoms with van der Waals surface area (Å²) in [7, 11) is 1.65. The van der Waals surface area contributed by atoms with E-state index in [1.165, 1.54) is 28.0 Å². The van der Waals surface area contributed by atoms with Crippen LogP contribution in [0.15, 0.2) is 47.3 Å². The molecule has 1 aromatic heterocycles. The van der Waals surface area contributed by atoms with Crippen molar-refractivity contribution in [2.45, 2.75) is 13.8 Å². The molecule has 0 bridgehead atoms. The summed E-state index contributed by atoms with van der Waals surface area (Å²) >= 11 is 1.25. The van der Waals surface area contributed by atoms with E-state index in [1.807, 2.05) is 32.0 Å². The molecule has 3 rings (SSSR count). The number of ether oxygens (including phenoxy) is 1. The molecule has 0 spiro atoms. The van der Waals surface area contributed by atoms with Crippen LogP contribution in [0.4, 0.5) is 0 Å². The van der Waals surface area contributed by atoms with E-state index in [0.717, 1.165) is 11.1 Å². The lowest BCUT2D eigenvalue weighted by atomic mass is 10.1. The monoisotopic (exact) mass is 395 g/mol. The summed E-state index contributed by atoms with van der Waals surface area (Å²) in [5, 5.41) is 9.82. The van der Waals surface area contributed by atoms with Gasteiger partial charge in [0.1, 0.15) is 4.66 Å². The second-order valence-corrected chi connectivity index (χ2v) is 7.36. The zero-order chi connectivity index (χ0) is 20.3. The fourth-order valence-electron chi connectivity index (χ4n) is 2.79. The molecule has 0 saturated carbocycles. The van der Waals surface area contributed by atoms with Crippen LogP contribution in [0.25, 0.3) is 12.2 Å². The molecule has 0 unspecified atom stereocenters. The van der Waals surface area contributed by atoms with Crippen molar-refractivity contribution < 1.29 is 14.6 Å². The third-order valence-electron chi connectivity index (χ3n) is 4.31. The maximum Gasteiger partial charge on any atom is 0.268 e. The smallest absolute Gasteiger partial charge is 0.268 e. The predicted molar refractivity (Wildman–Crippen MR) is 112 cm³/mol. The summed E-state index contributed by atoms with van der Waals surface area (Å²) in [4.78, 5) is 25.2. The predicted octanol–water partition coefficient (Wildman–Crippen LogP) is 2.35. The largest absolute Gasteiger partial charge is 0.504 e. The molecule has 1 N–H and O–H groups in total. The number of hydrogen-bond acceptors (Lipinski definition) is 5. The molecule has 0 saturated heterocycles. The van der Waals surface area contributed by atoms with Crippen LogP contribution < -0.4 is 19.5 Å². The summed E-state index contributed by atoms with van der Waals surface area (Å²) in [6, 6.07) is 12.3. The third kappa shape index (κ3) is 4.07. The number of hydrogen-bond donors (Lipinski definition) is 1. The van der Waals surface area contributed by atoms with E-state index in [0.29, 0.717) is 27.1 Å². The summed E-state index contributed by atoms with van der Waals surface area (Å²) in [5.74, 6) is 0.284. The summed E-state index contributed by atoms with van der Waals surface area (Å²) in [5.41, 5.74) is 2.07. The molecule has 28 heavy (non-hydrogen) atoms. The number of rotatable bonds is 5. The highest BCUT2D eigenvalue weighted by Gasteiger charge is 2.08. The maximum atomic E-state index is 12.6. The zero-order valence-corrected chi connectivity index (χ0v) is 16.7. The van der Waals surface area contributed by atoms with E-state index in [4.69, 9.17) is 4.74 Å². The second kappa shape index (κ2) is 8.27. The lowest BCUT2D eigenvalue weighted by molar-refractivity contribution is 0.106. The van der Waals surface area contributed by atoms with Crippen molar-refractivity contribution in [2.75, 3.05) is 6.61 Å². The van der Waals surface area contributed by atoms with Crippen LogP contribution in [0.5, 0.6) is 11.5 Å². The van der Waals surface area contributed by atoms with E-state index in [9.17, 15) is 14.7 Å². The molecule has 0 radical (unpaired) electrons. The number of phenols is 1. The van der Waals surface area contributed by atoms with E-state index in [1.54, 1.807) is 31.3 Å². The molecule has 5 nitrogen and oxygen atoms in total. The molecule has 3 aromatic rings. The fraction of sp³-hybridized carbons (Fsp3) is 0.182. The van der Waals surface area contributed by atoms with Crippen molar-refractivity contribution in [1.29, 1.82) is 0 Å². The van der Waals surface area contributed by atoms with Gasteiger partial charge in [0.05, 0.1) is 11.1 Å². The Hall–Kier alpha value is -3.12. The molecule has 0 aliphatic heterocycles. The van der Waals surface area contributed by atoms with Crippen LogP contribution in [-0.4, -0.2) is 22.1 Å². The van der Waals surface area contributed by atoms with Gasteiger partial charge in [0.15, 0.2) is 17.3 Å².